The van der Waals surface area contributed by atoms with Crippen molar-refractivity contribution in [2.24, 2.45) is 0 Å². The van der Waals surface area contributed by atoms with Crippen LogP contribution in [0.15, 0.2) is 18.2 Å². The second kappa shape index (κ2) is 10.9. The molecule has 0 bridgehead atoms. The van der Waals surface area contributed by atoms with Gasteiger partial charge in [-0.05, 0) is 57.5 Å². The van der Waals surface area contributed by atoms with E-state index >= 15 is 0 Å². The number of unbranched alkanes of at least 4 members (excludes halogenated alkanes) is 5. The molecule has 0 aliphatic heterocycles. The molecular formula is C22H35Cl2NO. The van der Waals surface area contributed by atoms with Gasteiger partial charge in [-0.25, -0.2) is 0 Å². The predicted octanol–water partition coefficient (Wildman–Crippen LogP) is 6.72. The maximum absolute atomic E-state index is 6.33. The van der Waals surface area contributed by atoms with Crippen LogP contribution >= 0.6 is 23.2 Å². The molecule has 4 heteroatoms. The van der Waals surface area contributed by atoms with Crippen LogP contribution < -0.4 is 0 Å². The first-order chi connectivity index (χ1) is 12.5. The fourth-order valence-corrected chi connectivity index (χ4v) is 4.80. The van der Waals surface area contributed by atoms with E-state index in [1.54, 1.807) is 7.11 Å². The molecule has 1 aromatic rings. The molecule has 1 aliphatic carbocycles. The lowest BCUT2D eigenvalue weighted by Crippen LogP contribution is -2.52. The molecule has 148 valence electrons. The van der Waals surface area contributed by atoms with Crippen LogP contribution in [0.3, 0.4) is 0 Å². The van der Waals surface area contributed by atoms with Crippen molar-refractivity contribution in [1.82, 2.24) is 4.90 Å². The van der Waals surface area contributed by atoms with Crippen molar-refractivity contribution < 1.29 is 4.74 Å². The largest absolute Gasteiger partial charge is 0.385 e. The maximum atomic E-state index is 6.33. The van der Waals surface area contributed by atoms with Gasteiger partial charge >= 0.3 is 0 Å². The molecule has 0 spiro atoms. The van der Waals surface area contributed by atoms with Gasteiger partial charge in [-0.2, -0.15) is 0 Å². The number of hydrogen-bond donors (Lipinski definition) is 0. The van der Waals surface area contributed by atoms with Gasteiger partial charge in [-0.15, -0.1) is 0 Å². The van der Waals surface area contributed by atoms with Crippen LogP contribution in [0, 0.1) is 0 Å². The van der Waals surface area contributed by atoms with Gasteiger partial charge in [0.2, 0.25) is 0 Å². The summed E-state index contributed by atoms with van der Waals surface area (Å²) in [6, 6.07) is 6.84. The van der Waals surface area contributed by atoms with Gasteiger partial charge in [0.1, 0.15) is 0 Å². The Kier molecular flexibility index (Phi) is 9.23. The summed E-state index contributed by atoms with van der Waals surface area (Å²) in [7, 11) is 6.24. The van der Waals surface area contributed by atoms with E-state index in [9.17, 15) is 0 Å². The third kappa shape index (κ3) is 5.61. The average molecular weight is 400 g/mol. The molecular weight excluding hydrogens is 365 g/mol. The quantitative estimate of drug-likeness (QED) is 0.361. The van der Waals surface area contributed by atoms with Crippen molar-refractivity contribution in [3.8, 4) is 0 Å². The lowest BCUT2D eigenvalue weighted by Gasteiger charge is -2.51. The zero-order valence-corrected chi connectivity index (χ0v) is 18.2. The van der Waals surface area contributed by atoms with E-state index in [1.165, 1.54) is 69.8 Å². The molecule has 0 N–H and O–H groups in total. The summed E-state index contributed by atoms with van der Waals surface area (Å²) in [5.74, 6) is 0. The Balaban J connectivity index is 1.91. The second-order valence-corrected chi connectivity index (χ2v) is 8.84. The molecule has 0 radical (unpaired) electrons. The molecule has 0 saturated heterocycles. The van der Waals surface area contributed by atoms with Crippen LogP contribution in [0.2, 0.25) is 10.0 Å². The number of hydrogen-bond acceptors (Lipinski definition) is 2. The van der Waals surface area contributed by atoms with E-state index in [4.69, 9.17) is 27.9 Å². The van der Waals surface area contributed by atoms with Crippen molar-refractivity contribution in [1.29, 1.82) is 0 Å². The Morgan fingerprint density at radius 3 is 2.19 bits per heavy atom. The molecule has 1 aromatic carbocycles. The van der Waals surface area contributed by atoms with Crippen LogP contribution in [-0.2, 0) is 10.2 Å². The number of rotatable bonds is 12. The molecule has 26 heavy (non-hydrogen) atoms. The summed E-state index contributed by atoms with van der Waals surface area (Å²) in [4.78, 5) is 2.43. The SMILES string of the molecule is COCCCCCCCCC(N(C)C)C1(c2ccc(Cl)c(Cl)c2)CCC1. The number of likely N-dealkylation sites (N-methyl/N-ethyl adjacent to an activating group) is 1. The van der Waals surface area contributed by atoms with Gasteiger partial charge in [-0.3, -0.25) is 0 Å². The second-order valence-electron chi connectivity index (χ2n) is 8.02. The van der Waals surface area contributed by atoms with Gasteiger partial charge in [0, 0.05) is 25.2 Å². The molecule has 1 atom stereocenters. The molecule has 2 rings (SSSR count). The average Bonchev–Trinajstić information content (AvgIpc) is 2.57. The van der Waals surface area contributed by atoms with Crippen molar-refractivity contribution >= 4 is 23.2 Å². The van der Waals surface area contributed by atoms with E-state index in [0.717, 1.165) is 6.61 Å². The van der Waals surface area contributed by atoms with Crippen molar-refractivity contribution in [3.05, 3.63) is 33.8 Å². The minimum Gasteiger partial charge on any atom is -0.385 e. The van der Waals surface area contributed by atoms with Gasteiger partial charge in [0.25, 0.3) is 0 Å². The number of ether oxygens (including phenoxy) is 1. The molecule has 2 nitrogen and oxygen atoms in total. The Labute approximate surface area is 170 Å². The number of nitrogens with zero attached hydrogens (tertiary/aromatic N) is 1. The summed E-state index contributed by atoms with van der Waals surface area (Å²) in [6.07, 6.45) is 12.9. The number of benzene rings is 1. The van der Waals surface area contributed by atoms with Crippen LogP contribution in [0.5, 0.6) is 0 Å². The minimum absolute atomic E-state index is 0.246. The lowest BCUT2D eigenvalue weighted by molar-refractivity contribution is 0.0879. The Bertz CT molecular complexity index is 543. The Morgan fingerprint density at radius 2 is 1.65 bits per heavy atom. The molecule has 1 saturated carbocycles. The highest BCUT2D eigenvalue weighted by atomic mass is 35.5. The molecule has 0 heterocycles. The monoisotopic (exact) mass is 399 g/mol. The zero-order chi connectivity index (χ0) is 19.0. The first kappa shape index (κ1) is 22.0. The molecule has 1 unspecified atom stereocenters. The Morgan fingerprint density at radius 1 is 1.00 bits per heavy atom. The summed E-state index contributed by atoms with van der Waals surface area (Å²) in [5, 5.41) is 1.34. The van der Waals surface area contributed by atoms with Crippen molar-refractivity contribution in [3.63, 3.8) is 0 Å². The first-order valence-electron chi connectivity index (χ1n) is 10.1. The van der Waals surface area contributed by atoms with E-state index in [-0.39, 0.29) is 5.41 Å². The maximum Gasteiger partial charge on any atom is 0.0595 e. The summed E-state index contributed by atoms with van der Waals surface area (Å²) >= 11 is 12.5. The van der Waals surface area contributed by atoms with Crippen molar-refractivity contribution in [2.75, 3.05) is 27.8 Å². The van der Waals surface area contributed by atoms with Gasteiger partial charge in [-0.1, -0.05) is 67.8 Å². The number of methoxy groups -OCH3 is 1. The molecule has 1 aliphatic rings. The summed E-state index contributed by atoms with van der Waals surface area (Å²) < 4.78 is 5.12. The highest BCUT2D eigenvalue weighted by molar-refractivity contribution is 6.42. The van der Waals surface area contributed by atoms with Crippen LogP contribution in [0.1, 0.15) is 69.8 Å². The van der Waals surface area contributed by atoms with Gasteiger partial charge < -0.3 is 9.64 Å². The summed E-state index contributed by atoms with van der Waals surface area (Å²) in [6.45, 7) is 0.898. The van der Waals surface area contributed by atoms with E-state index in [0.29, 0.717) is 16.1 Å². The normalized spacial score (nSPS) is 17.3. The standard InChI is InChI=1S/C22H35Cl2NO/c1-25(2)21(11-8-6-4-5-7-9-16-26-3)22(14-10-15-22)18-12-13-19(23)20(24)17-18/h12-13,17,21H,4-11,14-16H2,1-3H3. The Hall–Kier alpha value is -0.280. The number of halogens is 2. The molecule has 1 fully saturated rings. The highest BCUT2D eigenvalue weighted by Gasteiger charge is 2.46. The molecule has 0 aromatic heterocycles. The van der Waals surface area contributed by atoms with E-state index in [1.807, 2.05) is 6.07 Å². The van der Waals surface area contributed by atoms with Gasteiger partial charge in [0.05, 0.1) is 10.0 Å². The van der Waals surface area contributed by atoms with Crippen LogP contribution in [0.25, 0.3) is 0 Å². The fraction of sp³-hybridized carbons (Fsp3) is 0.727. The first-order valence-corrected chi connectivity index (χ1v) is 10.9. The lowest BCUT2D eigenvalue weighted by atomic mass is 9.59. The third-order valence-corrected chi connectivity index (χ3v) is 6.82. The zero-order valence-electron chi connectivity index (χ0n) is 16.7. The van der Waals surface area contributed by atoms with E-state index in [2.05, 4.69) is 31.1 Å². The van der Waals surface area contributed by atoms with Crippen molar-refractivity contribution in [2.45, 2.75) is 75.7 Å². The van der Waals surface area contributed by atoms with Crippen LogP contribution in [0.4, 0.5) is 0 Å². The highest BCUT2D eigenvalue weighted by Crippen LogP contribution is 2.50. The third-order valence-electron chi connectivity index (χ3n) is 6.08. The van der Waals surface area contributed by atoms with E-state index < -0.39 is 0 Å². The topological polar surface area (TPSA) is 12.5 Å². The molecule has 0 amide bonds. The summed E-state index contributed by atoms with van der Waals surface area (Å²) in [5.41, 5.74) is 1.62. The fourth-order valence-electron chi connectivity index (χ4n) is 4.50. The smallest absolute Gasteiger partial charge is 0.0595 e. The minimum atomic E-state index is 0.246. The van der Waals surface area contributed by atoms with Gasteiger partial charge in [0.15, 0.2) is 0 Å². The van der Waals surface area contributed by atoms with Crippen LogP contribution in [-0.4, -0.2) is 38.8 Å². The predicted molar refractivity (Wildman–Crippen MR) is 114 cm³/mol.